The highest BCUT2D eigenvalue weighted by Gasteiger charge is 2.21. The number of amides is 2. The van der Waals surface area contributed by atoms with Crippen LogP contribution in [0, 0.1) is 5.92 Å². The van der Waals surface area contributed by atoms with Crippen LogP contribution in [0.1, 0.15) is 34.5 Å². The minimum Gasteiger partial charge on any atom is -0.355 e. The Bertz CT molecular complexity index is 701. The summed E-state index contributed by atoms with van der Waals surface area (Å²) < 4.78 is 0. The van der Waals surface area contributed by atoms with Crippen LogP contribution in [0.2, 0.25) is 0 Å². The molecule has 2 rings (SSSR count). The summed E-state index contributed by atoms with van der Waals surface area (Å²) in [6.45, 7) is 2.17. The van der Waals surface area contributed by atoms with Crippen LogP contribution in [0.25, 0.3) is 0 Å². The molecular formula is C19H23N3O2. The van der Waals surface area contributed by atoms with E-state index in [9.17, 15) is 9.59 Å². The first-order chi connectivity index (χ1) is 11.5. The second-order valence-corrected chi connectivity index (χ2v) is 5.72. The summed E-state index contributed by atoms with van der Waals surface area (Å²) in [6.07, 6.45) is 0. The van der Waals surface area contributed by atoms with Crippen LogP contribution in [0.4, 0.5) is 0 Å². The van der Waals surface area contributed by atoms with Crippen LogP contribution in [0.15, 0.2) is 54.6 Å². The van der Waals surface area contributed by atoms with Crippen molar-refractivity contribution in [3.63, 3.8) is 0 Å². The molecule has 0 saturated carbocycles. The Hall–Kier alpha value is -2.66. The van der Waals surface area contributed by atoms with Crippen molar-refractivity contribution in [3.05, 3.63) is 71.3 Å². The van der Waals surface area contributed by atoms with E-state index in [0.717, 1.165) is 11.1 Å². The normalized spacial score (nSPS) is 13.0. The van der Waals surface area contributed by atoms with Gasteiger partial charge in [0, 0.05) is 25.2 Å². The molecule has 0 aliphatic carbocycles. The van der Waals surface area contributed by atoms with Gasteiger partial charge in [-0.1, -0.05) is 49.4 Å². The van der Waals surface area contributed by atoms with Crippen molar-refractivity contribution in [3.8, 4) is 0 Å². The molecule has 0 heterocycles. The minimum atomic E-state index is -0.358. The maximum Gasteiger partial charge on any atom is 0.251 e. The summed E-state index contributed by atoms with van der Waals surface area (Å²) in [5.41, 5.74) is 8.54. The van der Waals surface area contributed by atoms with Crippen molar-refractivity contribution in [2.75, 3.05) is 7.05 Å². The third-order valence-electron chi connectivity index (χ3n) is 4.02. The number of benzene rings is 2. The fourth-order valence-electron chi connectivity index (χ4n) is 2.44. The van der Waals surface area contributed by atoms with Crippen molar-refractivity contribution in [1.82, 2.24) is 10.6 Å². The van der Waals surface area contributed by atoms with Crippen molar-refractivity contribution in [1.29, 1.82) is 0 Å². The molecule has 2 aromatic rings. The summed E-state index contributed by atoms with van der Waals surface area (Å²) in [7, 11) is 1.59. The molecule has 0 aliphatic heterocycles. The summed E-state index contributed by atoms with van der Waals surface area (Å²) in [4.78, 5) is 24.0. The zero-order chi connectivity index (χ0) is 17.5. The molecule has 2 aromatic carbocycles. The molecule has 24 heavy (non-hydrogen) atoms. The molecular weight excluding hydrogens is 302 g/mol. The molecule has 5 nitrogen and oxygen atoms in total. The smallest absolute Gasteiger partial charge is 0.251 e. The van der Waals surface area contributed by atoms with Crippen LogP contribution >= 0.6 is 0 Å². The lowest BCUT2D eigenvalue weighted by atomic mass is 9.94. The molecule has 4 N–H and O–H groups in total. The molecule has 0 bridgehead atoms. The maximum atomic E-state index is 12.3. The van der Waals surface area contributed by atoms with Gasteiger partial charge in [0.1, 0.15) is 0 Å². The van der Waals surface area contributed by atoms with Crippen molar-refractivity contribution >= 4 is 11.8 Å². The molecule has 0 aromatic heterocycles. The Balaban J connectivity index is 1.96. The maximum absolute atomic E-state index is 12.3. The highest BCUT2D eigenvalue weighted by atomic mass is 16.2. The van der Waals surface area contributed by atoms with E-state index in [2.05, 4.69) is 10.6 Å². The van der Waals surface area contributed by atoms with Gasteiger partial charge in [-0.2, -0.15) is 0 Å². The monoisotopic (exact) mass is 325 g/mol. The number of rotatable bonds is 6. The Kier molecular flexibility index (Phi) is 6.09. The molecule has 0 spiro atoms. The summed E-state index contributed by atoms with van der Waals surface area (Å²) in [6, 6.07) is 16.4. The second-order valence-electron chi connectivity index (χ2n) is 5.72. The van der Waals surface area contributed by atoms with Gasteiger partial charge in [-0.25, -0.2) is 0 Å². The SMILES string of the molecule is CNC(=O)c1cccc(CNC(=O)C(C)C(N)c2ccccc2)c1. The number of nitrogens with one attached hydrogen (secondary N) is 2. The van der Waals surface area contributed by atoms with Crippen molar-refractivity contribution in [2.45, 2.75) is 19.5 Å². The average molecular weight is 325 g/mol. The molecule has 2 atom stereocenters. The second kappa shape index (κ2) is 8.26. The van der Waals surface area contributed by atoms with Crippen LogP contribution < -0.4 is 16.4 Å². The summed E-state index contributed by atoms with van der Waals surface area (Å²) in [5.74, 6) is -0.617. The highest BCUT2D eigenvalue weighted by molar-refractivity contribution is 5.94. The number of hydrogen-bond donors (Lipinski definition) is 3. The molecule has 0 saturated heterocycles. The van der Waals surface area contributed by atoms with E-state index in [-0.39, 0.29) is 23.8 Å². The van der Waals surface area contributed by atoms with Crippen LogP contribution in [-0.4, -0.2) is 18.9 Å². The highest BCUT2D eigenvalue weighted by Crippen LogP contribution is 2.19. The van der Waals surface area contributed by atoms with Gasteiger partial charge in [0.05, 0.1) is 5.92 Å². The third kappa shape index (κ3) is 4.43. The molecule has 0 fully saturated rings. The fourth-order valence-corrected chi connectivity index (χ4v) is 2.44. The minimum absolute atomic E-state index is 0.114. The lowest BCUT2D eigenvalue weighted by Crippen LogP contribution is -2.35. The first-order valence-corrected chi connectivity index (χ1v) is 7.92. The standard InChI is InChI=1S/C19H23N3O2/c1-13(17(20)15-8-4-3-5-9-15)18(23)22-12-14-7-6-10-16(11-14)19(24)21-2/h3-11,13,17H,12,20H2,1-2H3,(H,21,24)(H,22,23). The van der Waals surface area contributed by atoms with E-state index in [4.69, 9.17) is 5.73 Å². The van der Waals surface area contributed by atoms with E-state index in [0.29, 0.717) is 12.1 Å². The van der Waals surface area contributed by atoms with Crippen LogP contribution in [0.5, 0.6) is 0 Å². The van der Waals surface area contributed by atoms with Crippen LogP contribution in [-0.2, 0) is 11.3 Å². The van der Waals surface area contributed by atoms with E-state index in [1.54, 1.807) is 25.2 Å². The van der Waals surface area contributed by atoms with E-state index >= 15 is 0 Å². The van der Waals surface area contributed by atoms with E-state index in [1.165, 1.54) is 0 Å². The van der Waals surface area contributed by atoms with Gasteiger partial charge in [0.2, 0.25) is 5.91 Å². The molecule has 126 valence electrons. The zero-order valence-electron chi connectivity index (χ0n) is 14.0. The van der Waals surface area contributed by atoms with Gasteiger partial charge < -0.3 is 16.4 Å². The van der Waals surface area contributed by atoms with Crippen LogP contribution in [0.3, 0.4) is 0 Å². The lowest BCUT2D eigenvalue weighted by Gasteiger charge is -2.20. The quantitative estimate of drug-likeness (QED) is 0.759. The Morgan fingerprint density at radius 2 is 1.79 bits per heavy atom. The summed E-state index contributed by atoms with van der Waals surface area (Å²) in [5, 5.41) is 5.46. The van der Waals surface area contributed by atoms with Gasteiger partial charge in [0.15, 0.2) is 0 Å². The molecule has 2 amide bonds. The van der Waals surface area contributed by atoms with Gasteiger partial charge in [0.25, 0.3) is 5.91 Å². The zero-order valence-corrected chi connectivity index (χ0v) is 14.0. The lowest BCUT2D eigenvalue weighted by molar-refractivity contribution is -0.125. The Morgan fingerprint density at radius 1 is 1.08 bits per heavy atom. The van der Waals surface area contributed by atoms with E-state index < -0.39 is 0 Å². The summed E-state index contributed by atoms with van der Waals surface area (Å²) >= 11 is 0. The predicted octanol–water partition coefficient (Wildman–Crippen LogP) is 2.00. The molecule has 0 radical (unpaired) electrons. The number of carbonyl (C=O) groups excluding carboxylic acids is 2. The first-order valence-electron chi connectivity index (χ1n) is 7.92. The Morgan fingerprint density at radius 3 is 2.46 bits per heavy atom. The fraction of sp³-hybridized carbons (Fsp3) is 0.263. The van der Waals surface area contributed by atoms with E-state index in [1.807, 2.05) is 43.3 Å². The van der Waals surface area contributed by atoms with Gasteiger partial charge >= 0.3 is 0 Å². The number of hydrogen-bond acceptors (Lipinski definition) is 3. The van der Waals surface area contributed by atoms with Crippen molar-refractivity contribution in [2.24, 2.45) is 11.7 Å². The molecule has 5 heteroatoms. The molecule has 0 aliphatic rings. The Labute approximate surface area is 142 Å². The van der Waals surface area contributed by atoms with Gasteiger partial charge in [-0.05, 0) is 23.3 Å². The van der Waals surface area contributed by atoms with Gasteiger partial charge in [-0.3, -0.25) is 9.59 Å². The predicted molar refractivity (Wildman–Crippen MR) is 94.2 cm³/mol. The third-order valence-corrected chi connectivity index (χ3v) is 4.02. The topological polar surface area (TPSA) is 84.2 Å². The number of carbonyl (C=O) groups is 2. The average Bonchev–Trinajstić information content (AvgIpc) is 2.65. The largest absolute Gasteiger partial charge is 0.355 e. The van der Waals surface area contributed by atoms with Gasteiger partial charge in [-0.15, -0.1) is 0 Å². The molecule has 2 unspecified atom stereocenters. The van der Waals surface area contributed by atoms with Crippen molar-refractivity contribution < 1.29 is 9.59 Å². The number of nitrogens with two attached hydrogens (primary N) is 1. The first kappa shape index (κ1) is 17.7.